The lowest BCUT2D eigenvalue weighted by Gasteiger charge is -2.13. The molecule has 0 aromatic heterocycles. The third kappa shape index (κ3) is 3.06. The molecule has 0 unspecified atom stereocenters. The molecule has 4 heteroatoms. The van der Waals surface area contributed by atoms with E-state index in [-0.39, 0.29) is 5.84 Å². The predicted molar refractivity (Wildman–Crippen MR) is 78.4 cm³/mol. The van der Waals surface area contributed by atoms with Crippen LogP contribution in [0.1, 0.15) is 18.1 Å². The first kappa shape index (κ1) is 13.4. The van der Waals surface area contributed by atoms with Crippen LogP contribution in [0.4, 0.5) is 0 Å². The molecule has 2 aromatic rings. The van der Waals surface area contributed by atoms with E-state index in [0.717, 1.165) is 17.7 Å². The Kier molecular flexibility index (Phi) is 4.07. The molecule has 3 N–H and O–H groups in total. The summed E-state index contributed by atoms with van der Waals surface area (Å²) in [4.78, 5) is 0. The monoisotopic (exact) mass is 274 g/mol. The summed E-state index contributed by atoms with van der Waals surface area (Å²) in [7, 11) is 0. The number of para-hydroxylation sites is 1. The van der Waals surface area contributed by atoms with Crippen molar-refractivity contribution in [3.8, 4) is 11.5 Å². The van der Waals surface area contributed by atoms with Crippen LogP contribution in [0, 0.1) is 5.41 Å². The molecule has 98 valence electrons. The van der Waals surface area contributed by atoms with E-state index in [9.17, 15) is 0 Å². The maximum Gasteiger partial charge on any atom is 0.139 e. The van der Waals surface area contributed by atoms with Gasteiger partial charge in [-0.15, -0.1) is 0 Å². The van der Waals surface area contributed by atoms with E-state index in [1.54, 1.807) is 18.2 Å². The van der Waals surface area contributed by atoms with Gasteiger partial charge in [-0.05, 0) is 30.2 Å². The van der Waals surface area contributed by atoms with E-state index in [1.165, 1.54) is 0 Å². The fourth-order valence-electron chi connectivity index (χ4n) is 1.82. The quantitative estimate of drug-likeness (QED) is 0.654. The Morgan fingerprint density at radius 3 is 2.63 bits per heavy atom. The van der Waals surface area contributed by atoms with Gasteiger partial charge in [0.25, 0.3) is 0 Å². The molecule has 0 saturated carbocycles. The first-order valence-electron chi connectivity index (χ1n) is 6.01. The smallest absolute Gasteiger partial charge is 0.139 e. The van der Waals surface area contributed by atoms with Crippen LogP contribution in [-0.4, -0.2) is 5.84 Å². The molecule has 0 bridgehead atoms. The summed E-state index contributed by atoms with van der Waals surface area (Å²) >= 11 is 5.97. The summed E-state index contributed by atoms with van der Waals surface area (Å²) in [6, 6.07) is 12.8. The number of halogens is 1. The molecule has 0 spiro atoms. The van der Waals surface area contributed by atoms with Crippen LogP contribution in [-0.2, 0) is 6.42 Å². The Morgan fingerprint density at radius 2 is 1.95 bits per heavy atom. The number of benzene rings is 2. The Hall–Kier alpha value is -2.00. The number of amidine groups is 1. The summed E-state index contributed by atoms with van der Waals surface area (Å²) in [5.74, 6) is 1.22. The second-order valence-corrected chi connectivity index (χ2v) is 4.55. The Labute approximate surface area is 117 Å². The largest absolute Gasteiger partial charge is 0.456 e. The highest BCUT2D eigenvalue weighted by molar-refractivity contribution is 6.30. The molecule has 2 rings (SSSR count). The van der Waals surface area contributed by atoms with E-state index in [1.807, 2.05) is 24.3 Å². The van der Waals surface area contributed by atoms with Crippen molar-refractivity contribution < 1.29 is 4.74 Å². The highest BCUT2D eigenvalue weighted by atomic mass is 35.5. The minimum absolute atomic E-state index is 0.0411. The van der Waals surface area contributed by atoms with Crippen LogP contribution in [0.5, 0.6) is 11.5 Å². The number of hydrogen-bond acceptors (Lipinski definition) is 2. The maximum absolute atomic E-state index is 7.57. The number of hydrogen-bond donors (Lipinski definition) is 2. The molecular formula is C15H15ClN2O. The molecule has 0 aliphatic rings. The molecule has 0 saturated heterocycles. The van der Waals surface area contributed by atoms with Gasteiger partial charge in [-0.2, -0.15) is 0 Å². The van der Waals surface area contributed by atoms with Crippen LogP contribution in [0.2, 0.25) is 5.02 Å². The maximum atomic E-state index is 7.57. The average molecular weight is 275 g/mol. The lowest BCUT2D eigenvalue weighted by Crippen LogP contribution is -2.12. The zero-order valence-electron chi connectivity index (χ0n) is 10.6. The third-order valence-electron chi connectivity index (χ3n) is 2.81. The van der Waals surface area contributed by atoms with E-state index in [4.69, 9.17) is 27.5 Å². The van der Waals surface area contributed by atoms with Crippen LogP contribution >= 0.6 is 11.6 Å². The van der Waals surface area contributed by atoms with Gasteiger partial charge in [0, 0.05) is 11.1 Å². The normalized spacial score (nSPS) is 10.2. The van der Waals surface area contributed by atoms with Gasteiger partial charge in [0.05, 0.1) is 5.56 Å². The standard InChI is InChI=1S/C15H15ClN2O/c1-2-10-5-3-4-6-13(10)19-14-9-11(16)7-8-12(14)15(17)18/h3-9H,2H2,1H3,(H3,17,18). The van der Waals surface area contributed by atoms with Gasteiger partial charge in [0.15, 0.2) is 0 Å². The highest BCUT2D eigenvalue weighted by Gasteiger charge is 2.10. The molecule has 19 heavy (non-hydrogen) atoms. The number of aryl methyl sites for hydroxylation is 1. The number of nitrogen functional groups attached to an aromatic ring is 1. The summed E-state index contributed by atoms with van der Waals surface area (Å²) in [5, 5.41) is 8.12. The third-order valence-corrected chi connectivity index (χ3v) is 3.04. The van der Waals surface area contributed by atoms with Crippen molar-refractivity contribution in [3.05, 3.63) is 58.6 Å². The average Bonchev–Trinajstić information content (AvgIpc) is 2.39. The summed E-state index contributed by atoms with van der Waals surface area (Å²) in [5.41, 5.74) is 7.18. The van der Waals surface area contributed by atoms with Crippen LogP contribution in [0.3, 0.4) is 0 Å². The molecule has 0 heterocycles. The summed E-state index contributed by atoms with van der Waals surface area (Å²) < 4.78 is 5.87. The minimum Gasteiger partial charge on any atom is -0.456 e. The Balaban J connectivity index is 2.42. The van der Waals surface area contributed by atoms with Gasteiger partial charge in [-0.1, -0.05) is 36.7 Å². The van der Waals surface area contributed by atoms with E-state index < -0.39 is 0 Å². The minimum atomic E-state index is -0.0411. The number of ether oxygens (including phenoxy) is 1. The van der Waals surface area contributed by atoms with Crippen molar-refractivity contribution in [1.82, 2.24) is 0 Å². The molecular weight excluding hydrogens is 260 g/mol. The van der Waals surface area contributed by atoms with E-state index in [2.05, 4.69) is 6.92 Å². The SMILES string of the molecule is CCc1ccccc1Oc1cc(Cl)ccc1C(=N)N. The van der Waals surface area contributed by atoms with Crippen molar-refractivity contribution in [2.24, 2.45) is 5.73 Å². The van der Waals surface area contributed by atoms with E-state index in [0.29, 0.717) is 16.3 Å². The second-order valence-electron chi connectivity index (χ2n) is 4.12. The van der Waals surface area contributed by atoms with Crippen LogP contribution < -0.4 is 10.5 Å². The van der Waals surface area contributed by atoms with Gasteiger partial charge >= 0.3 is 0 Å². The van der Waals surface area contributed by atoms with Crippen molar-refractivity contribution in [2.45, 2.75) is 13.3 Å². The molecule has 0 aliphatic carbocycles. The zero-order chi connectivity index (χ0) is 13.8. The molecule has 0 aliphatic heterocycles. The van der Waals surface area contributed by atoms with E-state index >= 15 is 0 Å². The molecule has 0 amide bonds. The van der Waals surface area contributed by atoms with Gasteiger partial charge < -0.3 is 10.5 Å². The van der Waals surface area contributed by atoms with Crippen molar-refractivity contribution in [2.75, 3.05) is 0 Å². The zero-order valence-corrected chi connectivity index (χ0v) is 11.4. The van der Waals surface area contributed by atoms with Crippen molar-refractivity contribution in [1.29, 1.82) is 5.41 Å². The molecule has 2 aromatic carbocycles. The van der Waals surface area contributed by atoms with Crippen LogP contribution in [0.25, 0.3) is 0 Å². The fourth-order valence-corrected chi connectivity index (χ4v) is 1.98. The fraction of sp³-hybridized carbons (Fsp3) is 0.133. The molecule has 3 nitrogen and oxygen atoms in total. The highest BCUT2D eigenvalue weighted by Crippen LogP contribution is 2.30. The summed E-state index contributed by atoms with van der Waals surface area (Å²) in [6.07, 6.45) is 0.867. The van der Waals surface area contributed by atoms with Crippen LogP contribution in [0.15, 0.2) is 42.5 Å². The Bertz CT molecular complexity index is 611. The predicted octanol–water partition coefficient (Wildman–Crippen LogP) is 3.98. The molecule has 0 fully saturated rings. The lowest BCUT2D eigenvalue weighted by atomic mass is 10.1. The number of rotatable bonds is 4. The van der Waals surface area contributed by atoms with Crippen molar-refractivity contribution in [3.63, 3.8) is 0 Å². The number of nitrogens with one attached hydrogen (secondary N) is 1. The topological polar surface area (TPSA) is 59.1 Å². The number of nitrogens with two attached hydrogens (primary N) is 1. The van der Waals surface area contributed by atoms with Gasteiger partial charge in [-0.25, -0.2) is 0 Å². The van der Waals surface area contributed by atoms with Gasteiger partial charge in [0.1, 0.15) is 17.3 Å². The first-order chi connectivity index (χ1) is 9.11. The molecule has 0 radical (unpaired) electrons. The lowest BCUT2D eigenvalue weighted by molar-refractivity contribution is 0.476. The second kappa shape index (κ2) is 5.76. The first-order valence-corrected chi connectivity index (χ1v) is 6.39. The molecule has 0 atom stereocenters. The van der Waals surface area contributed by atoms with Gasteiger partial charge in [0.2, 0.25) is 0 Å². The van der Waals surface area contributed by atoms with Gasteiger partial charge in [-0.3, -0.25) is 5.41 Å². The Morgan fingerprint density at radius 1 is 1.21 bits per heavy atom. The van der Waals surface area contributed by atoms with Crippen molar-refractivity contribution >= 4 is 17.4 Å². The summed E-state index contributed by atoms with van der Waals surface area (Å²) in [6.45, 7) is 2.06.